The predicted octanol–water partition coefficient (Wildman–Crippen LogP) is 2.86. The van der Waals surface area contributed by atoms with Gasteiger partial charge in [0.25, 0.3) is 5.91 Å². The molecule has 9 nitrogen and oxygen atoms in total. The topological polar surface area (TPSA) is 94.9 Å². The number of ether oxygens (including phenoxy) is 3. The minimum atomic E-state index is -0.659. The summed E-state index contributed by atoms with van der Waals surface area (Å²) in [6, 6.07) is 12.2. The van der Waals surface area contributed by atoms with Crippen molar-refractivity contribution in [3.05, 3.63) is 42.5 Å². The van der Waals surface area contributed by atoms with E-state index in [2.05, 4.69) is 5.32 Å². The maximum atomic E-state index is 13.4. The number of carbonyl (C=O) groups excluding carboxylic acids is 2. The second kappa shape index (κ2) is 7.52. The van der Waals surface area contributed by atoms with Gasteiger partial charge in [0, 0.05) is 18.4 Å². The van der Waals surface area contributed by atoms with Crippen molar-refractivity contribution in [2.24, 2.45) is 0 Å². The Bertz CT molecular complexity index is 1220. The molecule has 3 aliphatic rings. The number of imidazole rings is 1. The molecule has 0 aliphatic carbocycles. The fraction of sp³-hybridized carbons (Fsp3) is 0.348. The number of amides is 2. The van der Waals surface area contributed by atoms with Crippen LogP contribution in [0.25, 0.3) is 11.0 Å². The van der Waals surface area contributed by atoms with Crippen molar-refractivity contribution < 1.29 is 23.8 Å². The Balaban J connectivity index is 1.27. The molecule has 0 saturated carbocycles. The lowest BCUT2D eigenvalue weighted by atomic mass is 10.1. The molecule has 0 radical (unpaired) electrons. The molecule has 0 bridgehead atoms. The van der Waals surface area contributed by atoms with E-state index in [9.17, 15) is 9.59 Å². The Morgan fingerprint density at radius 3 is 2.91 bits per heavy atom. The average molecular weight is 434 g/mol. The number of carbonyl (C=O) groups is 2. The molecule has 1 saturated heterocycles. The summed E-state index contributed by atoms with van der Waals surface area (Å²) in [6.45, 7) is 1.33. The number of benzene rings is 2. The summed E-state index contributed by atoms with van der Waals surface area (Å²) in [7, 11) is 0. The van der Waals surface area contributed by atoms with Crippen LogP contribution in [0, 0.1) is 0 Å². The summed E-state index contributed by atoms with van der Waals surface area (Å²) in [5, 5.41) is 2.87. The fourth-order valence-electron chi connectivity index (χ4n) is 4.62. The van der Waals surface area contributed by atoms with Gasteiger partial charge in [0.1, 0.15) is 6.04 Å². The SMILES string of the molecule is O=C(CC1C(=O)N(CC2CCCO2)c2nc3ccccc3n21)Nc1ccc2c(c1)OCO2. The standard InChI is InChI=1S/C23H22N4O5/c28-21(24-14-7-8-19-20(10-14)32-13-31-19)11-18-22(29)26(12-15-4-3-9-30-15)23-25-16-5-1-2-6-17(16)27(18)23/h1-2,5-8,10,15,18H,3-4,9,11-13H2,(H,24,28). The van der Waals surface area contributed by atoms with Crippen molar-refractivity contribution in [1.29, 1.82) is 0 Å². The van der Waals surface area contributed by atoms with Gasteiger partial charge in [-0.25, -0.2) is 4.98 Å². The molecule has 3 aromatic rings. The third kappa shape index (κ3) is 3.16. The predicted molar refractivity (Wildman–Crippen MR) is 116 cm³/mol. The smallest absolute Gasteiger partial charge is 0.253 e. The zero-order valence-electron chi connectivity index (χ0n) is 17.3. The quantitative estimate of drug-likeness (QED) is 0.664. The van der Waals surface area contributed by atoms with Crippen molar-refractivity contribution >= 4 is 34.5 Å². The van der Waals surface area contributed by atoms with Crippen molar-refractivity contribution in [3.8, 4) is 11.5 Å². The van der Waals surface area contributed by atoms with Gasteiger partial charge in [0.15, 0.2) is 11.5 Å². The maximum Gasteiger partial charge on any atom is 0.253 e. The molecule has 1 N–H and O–H groups in total. The number of anilines is 2. The van der Waals surface area contributed by atoms with E-state index in [1.165, 1.54) is 0 Å². The van der Waals surface area contributed by atoms with Crippen LogP contribution in [0.15, 0.2) is 42.5 Å². The summed E-state index contributed by atoms with van der Waals surface area (Å²) in [4.78, 5) is 32.7. The molecule has 9 heteroatoms. The van der Waals surface area contributed by atoms with Crippen LogP contribution < -0.4 is 19.7 Å². The zero-order chi connectivity index (χ0) is 21.7. The van der Waals surface area contributed by atoms with Crippen LogP contribution in [-0.4, -0.2) is 47.4 Å². The minimum Gasteiger partial charge on any atom is -0.454 e. The maximum absolute atomic E-state index is 13.4. The number of hydrogen-bond acceptors (Lipinski definition) is 6. The molecule has 2 atom stereocenters. The molecular weight excluding hydrogens is 412 g/mol. The Morgan fingerprint density at radius 1 is 1.16 bits per heavy atom. The molecule has 1 fully saturated rings. The summed E-state index contributed by atoms with van der Waals surface area (Å²) >= 11 is 0. The van der Waals surface area contributed by atoms with E-state index in [0.717, 1.165) is 23.9 Å². The molecule has 6 rings (SSSR count). The van der Waals surface area contributed by atoms with Crippen molar-refractivity contribution in [2.45, 2.75) is 31.4 Å². The van der Waals surface area contributed by atoms with Gasteiger partial charge in [0.05, 0.1) is 30.1 Å². The van der Waals surface area contributed by atoms with E-state index in [4.69, 9.17) is 19.2 Å². The number of para-hydroxylation sites is 2. The summed E-state index contributed by atoms with van der Waals surface area (Å²) < 4.78 is 18.3. The van der Waals surface area contributed by atoms with Crippen LogP contribution >= 0.6 is 0 Å². The molecule has 3 aliphatic heterocycles. The molecule has 4 heterocycles. The first-order valence-corrected chi connectivity index (χ1v) is 10.8. The normalized spacial score (nSPS) is 21.4. The monoisotopic (exact) mass is 434 g/mol. The van der Waals surface area contributed by atoms with Crippen molar-refractivity contribution in [1.82, 2.24) is 9.55 Å². The second-order valence-electron chi connectivity index (χ2n) is 8.19. The molecule has 32 heavy (non-hydrogen) atoms. The molecule has 2 unspecified atom stereocenters. The molecule has 2 aromatic carbocycles. The lowest BCUT2D eigenvalue weighted by molar-refractivity contribution is -0.124. The van der Waals surface area contributed by atoms with Crippen molar-refractivity contribution in [3.63, 3.8) is 0 Å². The lowest BCUT2D eigenvalue weighted by Crippen LogP contribution is -2.37. The van der Waals surface area contributed by atoms with E-state index in [-0.39, 0.29) is 31.1 Å². The van der Waals surface area contributed by atoms with Gasteiger partial charge in [-0.2, -0.15) is 0 Å². The van der Waals surface area contributed by atoms with Crippen LogP contribution in [-0.2, 0) is 14.3 Å². The number of nitrogens with one attached hydrogen (secondary N) is 1. The highest BCUT2D eigenvalue weighted by atomic mass is 16.7. The van der Waals surface area contributed by atoms with Crippen LogP contribution in [0.4, 0.5) is 11.6 Å². The average Bonchev–Trinajstić information content (AvgIpc) is 3.57. The largest absolute Gasteiger partial charge is 0.454 e. The number of hydrogen-bond donors (Lipinski definition) is 1. The van der Waals surface area contributed by atoms with Gasteiger partial charge >= 0.3 is 0 Å². The van der Waals surface area contributed by atoms with Crippen LogP contribution in [0.3, 0.4) is 0 Å². The highest BCUT2D eigenvalue weighted by Crippen LogP contribution is 2.38. The molecular formula is C23H22N4O5. The van der Waals surface area contributed by atoms with E-state index in [1.807, 2.05) is 28.8 Å². The fourth-order valence-corrected chi connectivity index (χ4v) is 4.62. The highest BCUT2D eigenvalue weighted by Gasteiger charge is 2.42. The molecule has 1 aromatic heterocycles. The summed E-state index contributed by atoms with van der Waals surface area (Å²) in [5.41, 5.74) is 2.23. The van der Waals surface area contributed by atoms with E-state index in [1.54, 1.807) is 23.1 Å². The first-order chi connectivity index (χ1) is 15.7. The first-order valence-electron chi connectivity index (χ1n) is 10.8. The summed E-state index contributed by atoms with van der Waals surface area (Å²) in [5.74, 6) is 1.42. The van der Waals surface area contributed by atoms with Gasteiger partial charge in [-0.05, 0) is 37.1 Å². The van der Waals surface area contributed by atoms with Gasteiger partial charge in [-0.3, -0.25) is 19.1 Å². The van der Waals surface area contributed by atoms with E-state index >= 15 is 0 Å². The number of aromatic nitrogens is 2. The number of rotatable bonds is 5. The van der Waals surface area contributed by atoms with Crippen LogP contribution in [0.5, 0.6) is 11.5 Å². The van der Waals surface area contributed by atoms with Crippen molar-refractivity contribution in [2.75, 3.05) is 30.2 Å². The third-order valence-electron chi connectivity index (χ3n) is 6.13. The van der Waals surface area contributed by atoms with Crippen LogP contribution in [0.1, 0.15) is 25.3 Å². The molecule has 2 amide bonds. The Morgan fingerprint density at radius 2 is 2.03 bits per heavy atom. The van der Waals surface area contributed by atoms with E-state index < -0.39 is 6.04 Å². The second-order valence-corrected chi connectivity index (χ2v) is 8.19. The van der Waals surface area contributed by atoms with Gasteiger partial charge in [0.2, 0.25) is 18.6 Å². The van der Waals surface area contributed by atoms with E-state index in [0.29, 0.717) is 36.3 Å². The van der Waals surface area contributed by atoms with Gasteiger partial charge < -0.3 is 19.5 Å². The van der Waals surface area contributed by atoms with Gasteiger partial charge in [-0.1, -0.05) is 12.1 Å². The Kier molecular flexibility index (Phi) is 4.50. The Labute approximate surface area is 183 Å². The molecule has 164 valence electrons. The zero-order valence-corrected chi connectivity index (χ0v) is 17.3. The lowest BCUT2D eigenvalue weighted by Gasteiger charge is -2.19. The number of nitrogens with zero attached hydrogens (tertiary/aromatic N) is 3. The third-order valence-corrected chi connectivity index (χ3v) is 6.13. The van der Waals surface area contributed by atoms with Gasteiger partial charge in [-0.15, -0.1) is 0 Å². The highest BCUT2D eigenvalue weighted by molar-refractivity contribution is 6.05. The first kappa shape index (κ1) is 19.1. The van der Waals surface area contributed by atoms with Crippen LogP contribution in [0.2, 0.25) is 0 Å². The molecule has 0 spiro atoms. The summed E-state index contributed by atoms with van der Waals surface area (Å²) in [6.07, 6.45) is 1.90. The Hall–Kier alpha value is -3.59. The minimum absolute atomic E-state index is 0.00263. The number of fused-ring (bicyclic) bond motifs is 4.